The van der Waals surface area contributed by atoms with E-state index in [-0.39, 0.29) is 0 Å². The van der Waals surface area contributed by atoms with Crippen LogP contribution in [0, 0.1) is 0 Å². The molecular weight excluding hydrogens is 204 g/mol. The maximum Gasteiger partial charge on any atom is 0.115 e. The van der Waals surface area contributed by atoms with Crippen LogP contribution in [0.2, 0.25) is 0 Å². The second kappa shape index (κ2) is 3.75. The van der Waals surface area contributed by atoms with Gasteiger partial charge in [0, 0.05) is 12.3 Å². The Labute approximate surface area is 93.2 Å². The molecule has 84 valence electrons. The van der Waals surface area contributed by atoms with Gasteiger partial charge in [-0.25, -0.2) is 4.68 Å². The lowest BCUT2D eigenvalue weighted by Gasteiger charge is -2.22. The largest absolute Gasteiger partial charge is 0.399 e. The van der Waals surface area contributed by atoms with Crippen molar-refractivity contribution in [1.82, 2.24) is 15.0 Å². The number of nitrogens with zero attached hydrogens (tertiary/aromatic N) is 3. The van der Waals surface area contributed by atoms with Gasteiger partial charge in [0.2, 0.25) is 0 Å². The van der Waals surface area contributed by atoms with Gasteiger partial charge in [0.15, 0.2) is 0 Å². The molecule has 1 aromatic heterocycles. The predicted octanol–water partition coefficient (Wildman–Crippen LogP) is 1.36. The summed E-state index contributed by atoms with van der Waals surface area (Å²) in [6, 6.07) is 6.01. The van der Waals surface area contributed by atoms with Crippen LogP contribution in [-0.4, -0.2) is 28.2 Å². The Bertz CT molecular complexity index is 502. The third kappa shape index (κ3) is 1.53. The Kier molecular flexibility index (Phi) is 2.25. The standard InChI is InChI=1S/C11H14N4O/c12-8-3-4-11-10(6-8)13-14-15(11)9-2-1-5-16-7-9/h3-4,6,9H,1-2,5,7,12H2. The Hall–Kier alpha value is -1.62. The first-order chi connectivity index (χ1) is 7.84. The highest BCUT2D eigenvalue weighted by Crippen LogP contribution is 2.23. The van der Waals surface area contributed by atoms with Crippen molar-refractivity contribution in [2.24, 2.45) is 0 Å². The molecule has 1 atom stereocenters. The maximum atomic E-state index is 5.71. The van der Waals surface area contributed by atoms with Crippen LogP contribution in [0.4, 0.5) is 5.69 Å². The molecule has 1 aliphatic heterocycles. The number of anilines is 1. The number of benzene rings is 1. The molecule has 16 heavy (non-hydrogen) atoms. The minimum Gasteiger partial charge on any atom is -0.399 e. The molecule has 0 aliphatic carbocycles. The van der Waals surface area contributed by atoms with Crippen LogP contribution in [0.15, 0.2) is 18.2 Å². The molecule has 0 spiro atoms. The first-order valence-corrected chi connectivity index (χ1v) is 5.53. The van der Waals surface area contributed by atoms with Crippen LogP contribution < -0.4 is 5.73 Å². The summed E-state index contributed by atoms with van der Waals surface area (Å²) in [5.41, 5.74) is 8.32. The van der Waals surface area contributed by atoms with E-state index in [2.05, 4.69) is 10.3 Å². The maximum absolute atomic E-state index is 5.71. The molecule has 2 N–H and O–H groups in total. The van der Waals surface area contributed by atoms with Crippen molar-refractivity contribution in [2.45, 2.75) is 18.9 Å². The lowest BCUT2D eigenvalue weighted by molar-refractivity contribution is 0.0558. The van der Waals surface area contributed by atoms with Crippen LogP contribution in [0.1, 0.15) is 18.9 Å². The number of fused-ring (bicyclic) bond motifs is 1. The highest BCUT2D eigenvalue weighted by molar-refractivity contribution is 5.78. The van der Waals surface area contributed by atoms with Gasteiger partial charge in [0.1, 0.15) is 5.52 Å². The fourth-order valence-corrected chi connectivity index (χ4v) is 2.15. The molecule has 2 aromatic rings. The summed E-state index contributed by atoms with van der Waals surface area (Å²) in [6.45, 7) is 1.58. The van der Waals surface area contributed by atoms with E-state index >= 15 is 0 Å². The first-order valence-electron chi connectivity index (χ1n) is 5.53. The van der Waals surface area contributed by atoms with Gasteiger partial charge in [-0.15, -0.1) is 5.10 Å². The molecule has 1 unspecified atom stereocenters. The SMILES string of the molecule is Nc1ccc2c(c1)nnn2C1CCCOC1. The van der Waals surface area contributed by atoms with E-state index in [1.807, 2.05) is 22.9 Å². The second-order valence-electron chi connectivity index (χ2n) is 4.15. The minimum absolute atomic E-state index is 0.308. The predicted molar refractivity (Wildman–Crippen MR) is 61.0 cm³/mol. The zero-order valence-corrected chi connectivity index (χ0v) is 8.97. The molecule has 5 nitrogen and oxygen atoms in total. The number of nitrogens with two attached hydrogens (primary N) is 1. The van der Waals surface area contributed by atoms with Gasteiger partial charge in [-0.05, 0) is 31.0 Å². The molecule has 5 heteroatoms. The average molecular weight is 218 g/mol. The van der Waals surface area contributed by atoms with Crippen LogP contribution >= 0.6 is 0 Å². The molecule has 3 rings (SSSR count). The molecule has 0 bridgehead atoms. The molecule has 2 heterocycles. The summed E-state index contributed by atoms with van der Waals surface area (Å²) < 4.78 is 7.42. The van der Waals surface area contributed by atoms with E-state index in [1.165, 1.54) is 0 Å². The van der Waals surface area contributed by atoms with E-state index in [1.54, 1.807) is 0 Å². The zero-order valence-electron chi connectivity index (χ0n) is 8.97. The monoisotopic (exact) mass is 218 g/mol. The molecule has 1 fully saturated rings. The van der Waals surface area contributed by atoms with Crippen molar-refractivity contribution in [3.8, 4) is 0 Å². The van der Waals surface area contributed by atoms with E-state index in [9.17, 15) is 0 Å². The van der Waals surface area contributed by atoms with Gasteiger partial charge in [0.25, 0.3) is 0 Å². The summed E-state index contributed by atoms with van der Waals surface area (Å²) in [4.78, 5) is 0. The Morgan fingerprint density at radius 2 is 2.38 bits per heavy atom. The van der Waals surface area contributed by atoms with Gasteiger partial charge in [-0.1, -0.05) is 5.21 Å². The zero-order chi connectivity index (χ0) is 11.0. The number of hydrogen-bond acceptors (Lipinski definition) is 4. The van der Waals surface area contributed by atoms with Crippen LogP contribution in [0.5, 0.6) is 0 Å². The van der Waals surface area contributed by atoms with E-state index in [4.69, 9.17) is 10.5 Å². The quantitative estimate of drug-likeness (QED) is 0.734. The summed E-state index contributed by atoms with van der Waals surface area (Å²) in [7, 11) is 0. The Morgan fingerprint density at radius 1 is 1.44 bits per heavy atom. The van der Waals surface area contributed by atoms with Gasteiger partial charge in [0.05, 0.1) is 18.2 Å². The van der Waals surface area contributed by atoms with Crippen LogP contribution in [0.3, 0.4) is 0 Å². The van der Waals surface area contributed by atoms with Crippen molar-refractivity contribution in [1.29, 1.82) is 0 Å². The third-order valence-corrected chi connectivity index (χ3v) is 2.98. The Morgan fingerprint density at radius 3 is 3.19 bits per heavy atom. The fourth-order valence-electron chi connectivity index (χ4n) is 2.15. The van der Waals surface area contributed by atoms with E-state index in [0.29, 0.717) is 6.04 Å². The van der Waals surface area contributed by atoms with Gasteiger partial charge in [-0.3, -0.25) is 0 Å². The Balaban J connectivity index is 2.03. The minimum atomic E-state index is 0.308. The van der Waals surface area contributed by atoms with Crippen molar-refractivity contribution in [3.05, 3.63) is 18.2 Å². The fraction of sp³-hybridized carbons (Fsp3) is 0.455. The summed E-state index contributed by atoms with van der Waals surface area (Å²) in [5.74, 6) is 0. The van der Waals surface area contributed by atoms with Crippen LogP contribution in [0.25, 0.3) is 11.0 Å². The highest BCUT2D eigenvalue weighted by Gasteiger charge is 2.18. The summed E-state index contributed by atoms with van der Waals surface area (Å²) >= 11 is 0. The van der Waals surface area contributed by atoms with Crippen molar-refractivity contribution in [2.75, 3.05) is 18.9 Å². The van der Waals surface area contributed by atoms with Crippen molar-refractivity contribution < 1.29 is 4.74 Å². The van der Waals surface area contributed by atoms with E-state index in [0.717, 1.165) is 42.8 Å². The molecule has 0 saturated carbocycles. The first kappa shape index (κ1) is 9.59. The number of hydrogen-bond donors (Lipinski definition) is 1. The number of aromatic nitrogens is 3. The number of rotatable bonds is 1. The van der Waals surface area contributed by atoms with Crippen LogP contribution in [-0.2, 0) is 4.74 Å². The molecule has 1 aliphatic rings. The van der Waals surface area contributed by atoms with E-state index < -0.39 is 0 Å². The summed E-state index contributed by atoms with van der Waals surface area (Å²) in [5, 5.41) is 8.32. The molecule has 1 aromatic carbocycles. The van der Waals surface area contributed by atoms with Crippen molar-refractivity contribution >= 4 is 16.7 Å². The molecule has 0 radical (unpaired) electrons. The number of nitrogen functional groups attached to an aromatic ring is 1. The lowest BCUT2D eigenvalue weighted by Crippen LogP contribution is -2.22. The molecule has 1 saturated heterocycles. The van der Waals surface area contributed by atoms with Gasteiger partial charge >= 0.3 is 0 Å². The lowest BCUT2D eigenvalue weighted by atomic mass is 10.1. The molecular formula is C11H14N4O. The van der Waals surface area contributed by atoms with Gasteiger partial charge < -0.3 is 10.5 Å². The van der Waals surface area contributed by atoms with Gasteiger partial charge in [-0.2, -0.15) is 0 Å². The normalized spacial score (nSPS) is 21.4. The third-order valence-electron chi connectivity index (χ3n) is 2.98. The van der Waals surface area contributed by atoms with Crippen molar-refractivity contribution in [3.63, 3.8) is 0 Å². The smallest absolute Gasteiger partial charge is 0.115 e. The second-order valence-corrected chi connectivity index (χ2v) is 4.15. The summed E-state index contributed by atoms with van der Waals surface area (Å²) in [6.07, 6.45) is 2.18. The highest BCUT2D eigenvalue weighted by atomic mass is 16.5. The molecule has 0 amide bonds. The number of ether oxygens (including phenoxy) is 1. The average Bonchev–Trinajstić information content (AvgIpc) is 2.73. The topological polar surface area (TPSA) is 66.0 Å².